The van der Waals surface area contributed by atoms with Gasteiger partial charge in [-0.05, 0) is 32.1 Å². The lowest BCUT2D eigenvalue weighted by Crippen LogP contribution is -2.65. The average molecular weight is 1210 g/mol. The van der Waals surface area contributed by atoms with Gasteiger partial charge in [0.15, 0.2) is 12.6 Å². The molecule has 12 atom stereocenters. The maximum Gasteiger partial charge on any atom is 0.220 e. The molecule has 502 valence electrons. The van der Waals surface area contributed by atoms with Gasteiger partial charge in [0.1, 0.15) is 48.8 Å². The molecule has 2 aliphatic rings. The van der Waals surface area contributed by atoms with Crippen LogP contribution < -0.4 is 5.32 Å². The van der Waals surface area contributed by atoms with Crippen LogP contribution in [0.15, 0.2) is 24.3 Å². The van der Waals surface area contributed by atoms with Crippen LogP contribution in [0.25, 0.3) is 0 Å². The fraction of sp³-hybridized carbons (Fsp3) is 0.930. The van der Waals surface area contributed by atoms with Gasteiger partial charge >= 0.3 is 0 Å². The van der Waals surface area contributed by atoms with Crippen molar-refractivity contribution in [3.63, 3.8) is 0 Å². The Kier molecular flexibility index (Phi) is 52.8. The molecule has 2 fully saturated rings. The van der Waals surface area contributed by atoms with Gasteiger partial charge in [0.2, 0.25) is 5.91 Å². The molecule has 2 saturated heterocycles. The molecule has 14 heteroatoms. The van der Waals surface area contributed by atoms with Crippen LogP contribution in [0.2, 0.25) is 0 Å². The summed E-state index contributed by atoms with van der Waals surface area (Å²) in [7, 11) is 0. The van der Waals surface area contributed by atoms with E-state index in [-0.39, 0.29) is 18.9 Å². The van der Waals surface area contributed by atoms with Crippen LogP contribution in [0.4, 0.5) is 0 Å². The summed E-state index contributed by atoms with van der Waals surface area (Å²) in [5, 5.41) is 87.4. The van der Waals surface area contributed by atoms with Crippen LogP contribution in [0.1, 0.15) is 328 Å². The van der Waals surface area contributed by atoms with E-state index in [2.05, 4.69) is 31.3 Å². The van der Waals surface area contributed by atoms with E-state index in [1.54, 1.807) is 6.08 Å². The molecule has 0 aromatic carbocycles. The highest BCUT2D eigenvalue weighted by Gasteiger charge is 2.51. The molecule has 1 amide bonds. The molecule has 0 aromatic heterocycles. The van der Waals surface area contributed by atoms with Gasteiger partial charge in [-0.1, -0.05) is 314 Å². The minimum atomic E-state index is -1.79. The molecule has 0 radical (unpaired) electrons. The number of hydrogen-bond acceptors (Lipinski definition) is 13. The Morgan fingerprint density at radius 2 is 0.753 bits per heavy atom. The van der Waals surface area contributed by atoms with Crippen molar-refractivity contribution in [3.8, 4) is 0 Å². The lowest BCUT2D eigenvalue weighted by Gasteiger charge is -2.46. The second kappa shape index (κ2) is 56.5. The number of aliphatic hydroxyl groups is 8. The first-order valence-corrected chi connectivity index (χ1v) is 36.1. The number of allylic oxidation sites excluding steroid dienone is 3. The SMILES string of the molecule is CCCCCCCCCCCCCCCCCCC/C=C/CC/C=C/C(O)C(COC1OC(CO)C(OC2OC(CO)C(O)C(O)C2O)C(O)C1O)NC(=O)CCCCCCCCCCCCCCCCCCCCCCCCCCCCCC. The van der Waals surface area contributed by atoms with E-state index in [4.69, 9.17) is 18.9 Å². The summed E-state index contributed by atoms with van der Waals surface area (Å²) in [6.45, 7) is 2.84. The molecule has 0 aliphatic carbocycles. The average Bonchev–Trinajstić information content (AvgIpc) is 3.69. The highest BCUT2D eigenvalue weighted by Crippen LogP contribution is 2.30. The van der Waals surface area contributed by atoms with Crippen LogP contribution >= 0.6 is 0 Å². The van der Waals surface area contributed by atoms with Crippen LogP contribution in [-0.4, -0.2) is 140 Å². The van der Waals surface area contributed by atoms with Gasteiger partial charge in [0, 0.05) is 6.42 Å². The van der Waals surface area contributed by atoms with E-state index in [0.717, 1.165) is 32.1 Å². The molecule has 0 saturated carbocycles. The number of carbonyl (C=O) groups is 1. The Morgan fingerprint density at radius 3 is 1.15 bits per heavy atom. The van der Waals surface area contributed by atoms with E-state index < -0.39 is 86.8 Å². The van der Waals surface area contributed by atoms with Crippen molar-refractivity contribution in [3.05, 3.63) is 24.3 Å². The number of carbonyl (C=O) groups excluding carboxylic acids is 1. The number of nitrogens with one attached hydrogen (secondary N) is 1. The third kappa shape index (κ3) is 40.8. The highest BCUT2D eigenvalue weighted by atomic mass is 16.7. The van der Waals surface area contributed by atoms with Crippen molar-refractivity contribution < 1.29 is 64.6 Å². The zero-order chi connectivity index (χ0) is 61.6. The van der Waals surface area contributed by atoms with Crippen LogP contribution in [0.3, 0.4) is 0 Å². The zero-order valence-corrected chi connectivity index (χ0v) is 54.6. The molecule has 0 aromatic rings. The fourth-order valence-electron chi connectivity index (χ4n) is 12.1. The van der Waals surface area contributed by atoms with Crippen molar-refractivity contribution in [2.45, 2.75) is 402 Å². The lowest BCUT2D eigenvalue weighted by molar-refractivity contribution is -0.359. The van der Waals surface area contributed by atoms with E-state index in [1.807, 2.05) is 6.08 Å². The van der Waals surface area contributed by atoms with Gasteiger partial charge in [-0.25, -0.2) is 0 Å². The number of ether oxygens (including phenoxy) is 4. The summed E-state index contributed by atoms with van der Waals surface area (Å²) < 4.78 is 22.9. The molecular weight excluding hydrogens is 1070 g/mol. The van der Waals surface area contributed by atoms with Gasteiger partial charge in [-0.3, -0.25) is 4.79 Å². The minimum Gasteiger partial charge on any atom is -0.394 e. The second-order valence-corrected chi connectivity index (χ2v) is 25.7. The summed E-state index contributed by atoms with van der Waals surface area (Å²) in [6.07, 6.45) is 53.9. The predicted molar refractivity (Wildman–Crippen MR) is 346 cm³/mol. The molecule has 12 unspecified atom stereocenters. The highest BCUT2D eigenvalue weighted by molar-refractivity contribution is 5.76. The van der Waals surface area contributed by atoms with Crippen LogP contribution in [0, 0.1) is 0 Å². The number of hydrogen-bond donors (Lipinski definition) is 9. The Morgan fingerprint density at radius 1 is 0.412 bits per heavy atom. The van der Waals surface area contributed by atoms with E-state index >= 15 is 0 Å². The first-order chi connectivity index (χ1) is 41.6. The van der Waals surface area contributed by atoms with Gasteiger partial charge < -0.3 is 65.1 Å². The first kappa shape index (κ1) is 79.6. The van der Waals surface area contributed by atoms with Crippen LogP contribution in [-0.2, 0) is 23.7 Å². The standard InChI is InChI=1S/C71H135NO13/c1-3-5-7-9-11-13-15-17-19-21-23-25-27-28-29-30-31-33-35-37-39-41-43-45-47-49-51-53-55-63(76)72-59(58-82-70-68(81)66(79)69(62(57-74)84-70)85-71-67(80)65(78)64(77)61(56-73)83-71)60(75)54-52-50-48-46-44-42-40-38-36-34-32-26-24-22-20-18-16-14-12-10-8-6-4-2/h44,46,52,54,59-62,64-71,73-75,77-81H,3-43,45,47-51,53,55-58H2,1-2H3,(H,72,76)/b46-44+,54-52+. The van der Waals surface area contributed by atoms with E-state index in [0.29, 0.717) is 12.8 Å². The summed E-state index contributed by atoms with van der Waals surface area (Å²) in [6, 6.07) is -0.929. The van der Waals surface area contributed by atoms with Crippen molar-refractivity contribution in [1.82, 2.24) is 5.32 Å². The van der Waals surface area contributed by atoms with Crippen molar-refractivity contribution in [2.24, 2.45) is 0 Å². The molecule has 2 aliphatic heterocycles. The minimum absolute atomic E-state index is 0.241. The second-order valence-electron chi connectivity index (χ2n) is 25.7. The summed E-state index contributed by atoms with van der Waals surface area (Å²) in [4.78, 5) is 13.3. The third-order valence-electron chi connectivity index (χ3n) is 17.9. The Hall–Kier alpha value is -1.53. The zero-order valence-electron chi connectivity index (χ0n) is 54.6. The third-order valence-corrected chi connectivity index (χ3v) is 17.9. The summed E-state index contributed by atoms with van der Waals surface area (Å²) >= 11 is 0. The predicted octanol–water partition coefficient (Wildman–Crippen LogP) is 14.7. The van der Waals surface area contributed by atoms with E-state index in [1.165, 1.54) is 263 Å². The molecular formula is C71H135NO13. The Labute approximate surface area is 519 Å². The van der Waals surface area contributed by atoms with Crippen molar-refractivity contribution >= 4 is 5.91 Å². The molecule has 2 heterocycles. The Balaban J connectivity index is 1.68. The normalized spacial score (nSPS) is 23.6. The molecule has 14 nitrogen and oxygen atoms in total. The molecule has 2 rings (SSSR count). The maximum atomic E-state index is 13.3. The maximum absolute atomic E-state index is 13.3. The van der Waals surface area contributed by atoms with Gasteiger partial charge in [-0.2, -0.15) is 0 Å². The van der Waals surface area contributed by atoms with Crippen molar-refractivity contribution in [2.75, 3.05) is 19.8 Å². The Bertz CT molecular complexity index is 1520. The fourth-order valence-corrected chi connectivity index (χ4v) is 12.1. The monoisotopic (exact) mass is 1210 g/mol. The topological polar surface area (TPSA) is 228 Å². The van der Waals surface area contributed by atoms with Gasteiger partial charge in [-0.15, -0.1) is 0 Å². The molecule has 0 spiro atoms. The first-order valence-electron chi connectivity index (χ1n) is 36.1. The summed E-state index contributed by atoms with van der Waals surface area (Å²) in [5.41, 5.74) is 0. The van der Waals surface area contributed by atoms with Gasteiger partial charge in [0.05, 0.1) is 32.0 Å². The van der Waals surface area contributed by atoms with Gasteiger partial charge in [0.25, 0.3) is 0 Å². The summed E-state index contributed by atoms with van der Waals surface area (Å²) in [5.74, 6) is -0.241. The lowest BCUT2D eigenvalue weighted by atomic mass is 9.97. The van der Waals surface area contributed by atoms with E-state index in [9.17, 15) is 45.6 Å². The number of amides is 1. The number of unbranched alkanes of at least 4 members (excludes halogenated alkanes) is 45. The smallest absolute Gasteiger partial charge is 0.220 e. The molecule has 0 bridgehead atoms. The number of aliphatic hydroxyl groups excluding tert-OH is 8. The van der Waals surface area contributed by atoms with Crippen LogP contribution in [0.5, 0.6) is 0 Å². The molecule has 9 N–H and O–H groups in total. The van der Waals surface area contributed by atoms with Crippen molar-refractivity contribution in [1.29, 1.82) is 0 Å². The number of rotatable bonds is 60. The largest absolute Gasteiger partial charge is 0.394 e. The quantitative estimate of drug-likeness (QED) is 0.0204. The molecule has 85 heavy (non-hydrogen) atoms.